The molecule has 2 atom stereocenters. The van der Waals surface area contributed by atoms with Crippen molar-refractivity contribution in [3.05, 3.63) is 47.7 Å². The number of nitrogens with one attached hydrogen (secondary N) is 2. The van der Waals surface area contributed by atoms with Gasteiger partial charge in [0.1, 0.15) is 6.04 Å². The van der Waals surface area contributed by atoms with Crippen molar-refractivity contribution in [3.63, 3.8) is 0 Å². The highest BCUT2D eigenvalue weighted by atomic mass is 16.5. The summed E-state index contributed by atoms with van der Waals surface area (Å²) in [4.78, 5) is 26.7. The van der Waals surface area contributed by atoms with Crippen LogP contribution < -0.4 is 5.32 Å². The Bertz CT molecular complexity index is 793. The van der Waals surface area contributed by atoms with Crippen LogP contribution in [0.2, 0.25) is 0 Å². The summed E-state index contributed by atoms with van der Waals surface area (Å²) in [6.45, 7) is 0. The fraction of sp³-hybridized carbons (Fsp3) is 0.333. The van der Waals surface area contributed by atoms with Gasteiger partial charge in [0.05, 0.1) is 20.3 Å². The van der Waals surface area contributed by atoms with Crippen molar-refractivity contribution in [2.45, 2.75) is 24.9 Å². The Balaban J connectivity index is 1.94. The third kappa shape index (κ3) is 3.05. The first-order chi connectivity index (χ1) is 11.6. The van der Waals surface area contributed by atoms with Crippen molar-refractivity contribution in [2.24, 2.45) is 0 Å². The maximum atomic E-state index is 12.0. The molecule has 0 radical (unpaired) electrons. The molecule has 0 saturated carbocycles. The van der Waals surface area contributed by atoms with Crippen LogP contribution in [0.15, 0.2) is 36.4 Å². The SMILES string of the molecule is COC(=O)/C=C/C[C@H]1N[C@H](C(=O)OC)Cc2c1[nH]c1ccccc21. The standard InChI is InChI=1S/C18H20N2O4/c1-23-16(21)9-5-8-14-17-12(10-15(19-14)18(22)24-2)11-6-3-4-7-13(11)20-17/h3-7,9,14-15,19-20H,8,10H2,1-2H3/b9-5+/t14-,15+/m1/s1. The molecule has 24 heavy (non-hydrogen) atoms. The quantitative estimate of drug-likeness (QED) is 0.663. The number of rotatable bonds is 4. The van der Waals surface area contributed by atoms with E-state index in [9.17, 15) is 9.59 Å². The molecular weight excluding hydrogens is 308 g/mol. The average molecular weight is 328 g/mol. The second-order valence-corrected chi connectivity index (χ2v) is 5.72. The third-order valence-electron chi connectivity index (χ3n) is 4.32. The molecule has 2 heterocycles. The Morgan fingerprint density at radius 2 is 2.04 bits per heavy atom. The van der Waals surface area contributed by atoms with Crippen molar-refractivity contribution in [2.75, 3.05) is 14.2 Å². The van der Waals surface area contributed by atoms with E-state index in [0.717, 1.165) is 22.2 Å². The molecule has 1 aliphatic rings. The van der Waals surface area contributed by atoms with Gasteiger partial charge < -0.3 is 14.5 Å². The molecule has 3 rings (SSSR count). The lowest BCUT2D eigenvalue weighted by molar-refractivity contribution is -0.143. The highest BCUT2D eigenvalue weighted by Crippen LogP contribution is 2.33. The molecule has 1 aromatic carbocycles. The summed E-state index contributed by atoms with van der Waals surface area (Å²) in [6.07, 6.45) is 4.27. The maximum absolute atomic E-state index is 12.0. The van der Waals surface area contributed by atoms with Gasteiger partial charge in [0.15, 0.2) is 0 Å². The van der Waals surface area contributed by atoms with E-state index in [2.05, 4.69) is 15.0 Å². The molecule has 1 aromatic heterocycles. The highest BCUT2D eigenvalue weighted by molar-refractivity contribution is 5.87. The number of carbonyl (C=O) groups excluding carboxylic acids is 2. The van der Waals surface area contributed by atoms with Gasteiger partial charge in [0.25, 0.3) is 0 Å². The van der Waals surface area contributed by atoms with Crippen LogP contribution in [-0.2, 0) is 25.5 Å². The minimum Gasteiger partial charge on any atom is -0.468 e. The van der Waals surface area contributed by atoms with Crippen LogP contribution in [0, 0.1) is 0 Å². The first kappa shape index (κ1) is 16.3. The Hall–Kier alpha value is -2.60. The average Bonchev–Trinajstić information content (AvgIpc) is 2.99. The molecule has 0 unspecified atom stereocenters. The zero-order valence-electron chi connectivity index (χ0n) is 13.7. The molecule has 0 amide bonds. The number of esters is 2. The predicted molar refractivity (Wildman–Crippen MR) is 89.5 cm³/mol. The van der Waals surface area contributed by atoms with E-state index in [1.165, 1.54) is 20.3 Å². The Morgan fingerprint density at radius 3 is 2.79 bits per heavy atom. The topological polar surface area (TPSA) is 80.4 Å². The zero-order chi connectivity index (χ0) is 17.1. The normalized spacial score (nSPS) is 20.1. The molecule has 2 N–H and O–H groups in total. The summed E-state index contributed by atoms with van der Waals surface area (Å²) in [5.41, 5.74) is 3.21. The number of aromatic amines is 1. The van der Waals surface area contributed by atoms with Gasteiger partial charge in [-0.2, -0.15) is 0 Å². The van der Waals surface area contributed by atoms with Gasteiger partial charge >= 0.3 is 11.9 Å². The van der Waals surface area contributed by atoms with Gasteiger partial charge in [-0.25, -0.2) is 4.79 Å². The molecule has 0 aliphatic carbocycles. The van der Waals surface area contributed by atoms with Crippen LogP contribution in [0.1, 0.15) is 23.7 Å². The van der Waals surface area contributed by atoms with Crippen molar-refractivity contribution >= 4 is 22.8 Å². The summed E-state index contributed by atoms with van der Waals surface area (Å²) in [5, 5.41) is 4.42. The number of para-hydroxylation sites is 1. The molecule has 6 nitrogen and oxygen atoms in total. The van der Waals surface area contributed by atoms with Crippen molar-refractivity contribution in [1.29, 1.82) is 0 Å². The molecule has 0 fully saturated rings. The summed E-state index contributed by atoms with van der Waals surface area (Å²) in [6, 6.07) is 7.51. The van der Waals surface area contributed by atoms with E-state index < -0.39 is 12.0 Å². The monoisotopic (exact) mass is 328 g/mol. The van der Waals surface area contributed by atoms with Crippen LogP contribution in [0.4, 0.5) is 0 Å². The number of fused-ring (bicyclic) bond motifs is 3. The van der Waals surface area contributed by atoms with Crippen LogP contribution >= 0.6 is 0 Å². The molecule has 126 valence electrons. The fourth-order valence-corrected chi connectivity index (χ4v) is 3.18. The first-order valence-electron chi connectivity index (χ1n) is 7.82. The van der Waals surface area contributed by atoms with Gasteiger partial charge in [-0.3, -0.25) is 10.1 Å². The van der Waals surface area contributed by atoms with Crippen molar-refractivity contribution < 1.29 is 19.1 Å². The van der Waals surface area contributed by atoms with Gasteiger partial charge in [-0.1, -0.05) is 24.3 Å². The maximum Gasteiger partial charge on any atom is 0.330 e. The smallest absolute Gasteiger partial charge is 0.330 e. The molecule has 6 heteroatoms. The minimum atomic E-state index is -0.404. The summed E-state index contributed by atoms with van der Waals surface area (Å²) in [7, 11) is 2.73. The Kier molecular flexibility index (Phi) is 4.66. The van der Waals surface area contributed by atoms with E-state index >= 15 is 0 Å². The minimum absolute atomic E-state index is 0.105. The Morgan fingerprint density at radius 1 is 1.25 bits per heavy atom. The molecule has 0 spiro atoms. The third-order valence-corrected chi connectivity index (χ3v) is 4.32. The van der Waals surface area contributed by atoms with Crippen LogP contribution in [0.3, 0.4) is 0 Å². The number of aromatic nitrogens is 1. The van der Waals surface area contributed by atoms with Gasteiger partial charge in [-0.05, 0) is 18.1 Å². The molecule has 1 aliphatic heterocycles. The lowest BCUT2D eigenvalue weighted by Gasteiger charge is -2.29. The van der Waals surface area contributed by atoms with Gasteiger partial charge in [0.2, 0.25) is 0 Å². The molecule has 0 saturated heterocycles. The largest absolute Gasteiger partial charge is 0.468 e. The number of methoxy groups -OCH3 is 2. The molecular formula is C18H20N2O4. The lowest BCUT2D eigenvalue weighted by Crippen LogP contribution is -2.45. The second-order valence-electron chi connectivity index (χ2n) is 5.72. The van der Waals surface area contributed by atoms with Crippen molar-refractivity contribution in [3.8, 4) is 0 Å². The zero-order valence-corrected chi connectivity index (χ0v) is 13.7. The predicted octanol–water partition coefficient (Wildman–Crippen LogP) is 2.02. The Labute approximate surface area is 139 Å². The number of hydrogen-bond acceptors (Lipinski definition) is 5. The number of carbonyl (C=O) groups is 2. The summed E-state index contributed by atoms with van der Waals surface area (Å²) >= 11 is 0. The summed E-state index contributed by atoms with van der Waals surface area (Å²) in [5.74, 6) is -0.680. The van der Waals surface area contributed by atoms with Gasteiger partial charge in [0, 0.05) is 29.1 Å². The van der Waals surface area contributed by atoms with E-state index in [1.807, 2.05) is 24.3 Å². The van der Waals surface area contributed by atoms with Crippen molar-refractivity contribution in [1.82, 2.24) is 10.3 Å². The number of hydrogen-bond donors (Lipinski definition) is 2. The second kappa shape index (κ2) is 6.88. The van der Waals surface area contributed by atoms with E-state index in [0.29, 0.717) is 12.8 Å². The first-order valence-corrected chi connectivity index (χ1v) is 7.82. The highest BCUT2D eigenvalue weighted by Gasteiger charge is 2.32. The van der Waals surface area contributed by atoms with Gasteiger partial charge in [-0.15, -0.1) is 0 Å². The number of ether oxygens (including phenoxy) is 2. The van der Waals surface area contributed by atoms with Crippen LogP contribution in [0.25, 0.3) is 10.9 Å². The number of benzene rings is 1. The lowest BCUT2D eigenvalue weighted by atomic mass is 9.92. The fourth-order valence-electron chi connectivity index (χ4n) is 3.18. The summed E-state index contributed by atoms with van der Waals surface area (Å²) < 4.78 is 9.50. The number of H-pyrrole nitrogens is 1. The van der Waals surface area contributed by atoms with Crippen LogP contribution in [-0.4, -0.2) is 37.2 Å². The molecule has 2 aromatic rings. The van der Waals surface area contributed by atoms with E-state index in [-0.39, 0.29) is 12.0 Å². The van der Waals surface area contributed by atoms with E-state index in [1.54, 1.807) is 6.08 Å². The van der Waals surface area contributed by atoms with Crippen LogP contribution in [0.5, 0.6) is 0 Å². The molecule has 0 bridgehead atoms. The van der Waals surface area contributed by atoms with E-state index in [4.69, 9.17) is 4.74 Å².